The molecule has 0 aliphatic carbocycles. The molecule has 2 aromatic rings. The molecule has 1 fully saturated rings. The van der Waals surface area contributed by atoms with Crippen molar-refractivity contribution >= 4 is 29.0 Å². The summed E-state index contributed by atoms with van der Waals surface area (Å²) in [5.41, 5.74) is -0.940. The first-order valence-electron chi connectivity index (χ1n) is 11.5. The van der Waals surface area contributed by atoms with Crippen molar-refractivity contribution in [2.75, 3.05) is 44.9 Å². The van der Waals surface area contributed by atoms with Gasteiger partial charge in [0.15, 0.2) is 18.4 Å². The molecule has 9 nitrogen and oxygen atoms in total. The van der Waals surface area contributed by atoms with E-state index in [0.29, 0.717) is 32.6 Å². The molecule has 0 radical (unpaired) electrons. The first-order valence-corrected chi connectivity index (χ1v) is 11.5. The zero-order valence-corrected chi connectivity index (χ0v) is 19.8. The first kappa shape index (κ1) is 25.4. The molecular weight excluding hydrogens is 446 g/mol. The number of unbranched alkanes of at least 4 members (excludes halogenated alkanes) is 2. The van der Waals surface area contributed by atoms with Crippen LogP contribution < -0.4 is 4.90 Å². The van der Waals surface area contributed by atoms with Crippen LogP contribution in [-0.2, 0) is 16.1 Å². The minimum atomic E-state index is -0.910. The minimum Gasteiger partial charge on any atom is -0.427 e. The van der Waals surface area contributed by atoms with Crippen LogP contribution in [0.2, 0.25) is 0 Å². The van der Waals surface area contributed by atoms with Crippen molar-refractivity contribution in [2.24, 2.45) is 0 Å². The molecule has 184 valence electrons. The van der Waals surface area contributed by atoms with Gasteiger partial charge in [0.25, 0.3) is 0 Å². The monoisotopic (exact) mass is 476 g/mol. The molecule has 0 saturated carbocycles. The average molecular weight is 477 g/mol. The van der Waals surface area contributed by atoms with Gasteiger partial charge in [0.1, 0.15) is 17.1 Å². The molecule has 0 unspecified atom stereocenters. The quantitative estimate of drug-likeness (QED) is 0.428. The van der Waals surface area contributed by atoms with Crippen LogP contribution in [0.25, 0.3) is 11.0 Å². The van der Waals surface area contributed by atoms with E-state index in [2.05, 4.69) is 9.88 Å². The number of amides is 2. The number of imidazole rings is 1. The van der Waals surface area contributed by atoms with Crippen molar-refractivity contribution in [1.29, 1.82) is 5.26 Å². The SMILES string of the molecule is CCCCCC(=O)N(COC(=O)N1CCN(C)CC1)c1nc2c(F)cc(C#N)c(F)c2n1CC. The number of carbonyl (C=O) groups is 2. The maximum absolute atomic E-state index is 15.0. The predicted octanol–water partition coefficient (Wildman–Crippen LogP) is 3.46. The van der Waals surface area contributed by atoms with E-state index in [1.165, 1.54) is 4.57 Å². The standard InChI is InChI=1S/C23H30F2N6O3/c1-4-6-7-8-18(32)31(15-34-23(33)29-11-9-28(3)10-12-29)22-27-20-17(24)13-16(14-26)19(25)21(20)30(22)5-2/h13H,4-12,15H2,1-3H3. The number of carbonyl (C=O) groups excluding carboxylic acids is 2. The van der Waals surface area contributed by atoms with E-state index in [-0.39, 0.29) is 35.9 Å². The molecule has 1 aromatic heterocycles. The number of aromatic nitrogens is 2. The molecule has 1 aromatic carbocycles. The molecule has 1 saturated heterocycles. The number of benzene rings is 1. The van der Waals surface area contributed by atoms with Crippen molar-refractivity contribution in [1.82, 2.24) is 19.4 Å². The highest BCUT2D eigenvalue weighted by Gasteiger charge is 2.28. The van der Waals surface area contributed by atoms with Crippen molar-refractivity contribution in [3.8, 4) is 6.07 Å². The zero-order chi connectivity index (χ0) is 24.8. The number of anilines is 1. The highest BCUT2D eigenvalue weighted by molar-refractivity contribution is 5.94. The molecule has 11 heteroatoms. The van der Waals surface area contributed by atoms with Crippen molar-refractivity contribution in [3.63, 3.8) is 0 Å². The molecule has 1 aliphatic heterocycles. The number of likely N-dealkylation sites (N-methyl/N-ethyl adjacent to an activating group) is 1. The molecule has 0 N–H and O–H groups in total. The second kappa shape index (κ2) is 11.2. The molecule has 2 amide bonds. The largest absolute Gasteiger partial charge is 0.427 e. The van der Waals surface area contributed by atoms with Gasteiger partial charge in [-0.15, -0.1) is 0 Å². The number of rotatable bonds is 8. The number of nitriles is 1. The van der Waals surface area contributed by atoms with E-state index in [0.717, 1.165) is 23.8 Å². The van der Waals surface area contributed by atoms with Gasteiger partial charge < -0.3 is 19.1 Å². The fourth-order valence-electron chi connectivity index (χ4n) is 3.91. The van der Waals surface area contributed by atoms with Crippen LogP contribution >= 0.6 is 0 Å². The summed E-state index contributed by atoms with van der Waals surface area (Å²) in [5, 5.41) is 9.16. The topological polar surface area (TPSA) is 94.7 Å². The Kier molecular flexibility index (Phi) is 8.39. The maximum atomic E-state index is 15.0. The van der Waals surface area contributed by atoms with Crippen LogP contribution in [0.4, 0.5) is 19.5 Å². The lowest BCUT2D eigenvalue weighted by atomic mass is 10.2. The van der Waals surface area contributed by atoms with Crippen LogP contribution in [-0.4, -0.2) is 71.3 Å². The molecule has 3 rings (SSSR count). The Morgan fingerprint density at radius 3 is 2.53 bits per heavy atom. The lowest BCUT2D eigenvalue weighted by Crippen LogP contribution is -2.48. The fourth-order valence-corrected chi connectivity index (χ4v) is 3.91. The Labute approximate surface area is 197 Å². The van der Waals surface area contributed by atoms with Crippen molar-refractivity contribution < 1.29 is 23.1 Å². The van der Waals surface area contributed by atoms with Gasteiger partial charge in [0, 0.05) is 39.1 Å². The number of aryl methyl sites for hydroxylation is 1. The average Bonchev–Trinajstić information content (AvgIpc) is 3.22. The third kappa shape index (κ3) is 5.28. The van der Waals surface area contributed by atoms with E-state index in [1.807, 2.05) is 14.0 Å². The third-order valence-electron chi connectivity index (χ3n) is 5.94. The van der Waals surface area contributed by atoms with Gasteiger partial charge >= 0.3 is 6.09 Å². The summed E-state index contributed by atoms with van der Waals surface area (Å²) in [6, 6.07) is 2.43. The highest BCUT2D eigenvalue weighted by Crippen LogP contribution is 2.29. The number of ether oxygens (including phenoxy) is 1. The van der Waals surface area contributed by atoms with Crippen LogP contribution in [0.1, 0.15) is 45.1 Å². The Morgan fingerprint density at radius 1 is 1.21 bits per heavy atom. The van der Waals surface area contributed by atoms with Crippen LogP contribution in [0, 0.1) is 23.0 Å². The lowest BCUT2D eigenvalue weighted by Gasteiger charge is -2.32. The summed E-state index contributed by atoms with van der Waals surface area (Å²) in [5.74, 6) is -2.18. The van der Waals surface area contributed by atoms with Gasteiger partial charge in [-0.2, -0.15) is 5.26 Å². The summed E-state index contributed by atoms with van der Waals surface area (Å²) >= 11 is 0. The number of hydrogen-bond acceptors (Lipinski definition) is 6. The first-order chi connectivity index (χ1) is 16.3. The lowest BCUT2D eigenvalue weighted by molar-refractivity contribution is -0.119. The Morgan fingerprint density at radius 2 is 1.91 bits per heavy atom. The number of nitrogens with zero attached hydrogens (tertiary/aromatic N) is 6. The second-order valence-corrected chi connectivity index (χ2v) is 8.29. The Balaban J connectivity index is 1.95. The van der Waals surface area contributed by atoms with Gasteiger partial charge in [0.05, 0.1) is 5.56 Å². The molecular formula is C23H30F2N6O3. The molecule has 1 aliphatic rings. The normalized spacial score (nSPS) is 14.3. The number of fused-ring (bicyclic) bond motifs is 1. The second-order valence-electron chi connectivity index (χ2n) is 8.29. The van der Waals surface area contributed by atoms with E-state index in [9.17, 15) is 18.4 Å². The molecule has 0 spiro atoms. The Bertz CT molecular complexity index is 1090. The van der Waals surface area contributed by atoms with E-state index < -0.39 is 30.0 Å². The van der Waals surface area contributed by atoms with E-state index >= 15 is 0 Å². The van der Waals surface area contributed by atoms with Gasteiger partial charge in [-0.3, -0.25) is 4.79 Å². The number of halogens is 2. The third-order valence-corrected chi connectivity index (χ3v) is 5.94. The van der Waals surface area contributed by atoms with Gasteiger partial charge in [-0.1, -0.05) is 19.8 Å². The summed E-state index contributed by atoms with van der Waals surface area (Å²) in [4.78, 5) is 34.7. The summed E-state index contributed by atoms with van der Waals surface area (Å²) in [6.07, 6.45) is 1.96. The molecule has 0 bridgehead atoms. The summed E-state index contributed by atoms with van der Waals surface area (Å²) in [6.45, 7) is 5.84. The van der Waals surface area contributed by atoms with Crippen molar-refractivity contribution in [3.05, 3.63) is 23.3 Å². The maximum Gasteiger partial charge on any atom is 0.411 e. The highest BCUT2D eigenvalue weighted by atomic mass is 19.1. The van der Waals surface area contributed by atoms with E-state index in [4.69, 9.17) is 10.00 Å². The smallest absolute Gasteiger partial charge is 0.411 e. The predicted molar refractivity (Wildman–Crippen MR) is 122 cm³/mol. The molecule has 0 atom stereocenters. The molecule has 34 heavy (non-hydrogen) atoms. The van der Waals surface area contributed by atoms with Crippen LogP contribution in [0.15, 0.2) is 6.07 Å². The fraction of sp³-hybridized carbons (Fsp3) is 0.565. The minimum absolute atomic E-state index is 0.0296. The van der Waals surface area contributed by atoms with E-state index in [1.54, 1.807) is 17.9 Å². The van der Waals surface area contributed by atoms with Gasteiger partial charge in [-0.05, 0) is 26.5 Å². The summed E-state index contributed by atoms with van der Waals surface area (Å²) < 4.78 is 36.4. The van der Waals surface area contributed by atoms with Crippen molar-refractivity contribution in [2.45, 2.75) is 46.1 Å². The van der Waals surface area contributed by atoms with Gasteiger partial charge in [0.2, 0.25) is 11.9 Å². The number of hydrogen-bond donors (Lipinski definition) is 0. The van der Waals surface area contributed by atoms with Crippen LogP contribution in [0.5, 0.6) is 0 Å². The number of piperazine rings is 1. The van der Waals surface area contributed by atoms with Gasteiger partial charge in [-0.25, -0.2) is 23.5 Å². The zero-order valence-electron chi connectivity index (χ0n) is 19.8. The van der Waals surface area contributed by atoms with Crippen LogP contribution in [0.3, 0.4) is 0 Å². The molecule has 2 heterocycles. The summed E-state index contributed by atoms with van der Waals surface area (Å²) in [7, 11) is 1.96. The Hall–Kier alpha value is -3.26.